The first-order valence-corrected chi connectivity index (χ1v) is 12.7. The summed E-state index contributed by atoms with van der Waals surface area (Å²) in [6, 6.07) is 10.2. The lowest BCUT2D eigenvalue weighted by atomic mass is 9.77. The molecule has 6 heteroatoms. The van der Waals surface area contributed by atoms with Crippen molar-refractivity contribution in [3.05, 3.63) is 52.6 Å². The Bertz CT molecular complexity index is 1060. The maximum atomic E-state index is 13.2. The molecule has 2 fully saturated rings. The highest BCUT2D eigenvalue weighted by Crippen LogP contribution is 2.56. The minimum absolute atomic E-state index is 0.0653. The second-order valence-corrected chi connectivity index (χ2v) is 10.3. The fourth-order valence-electron chi connectivity index (χ4n) is 6.53. The molecule has 1 saturated heterocycles. The van der Waals surface area contributed by atoms with Gasteiger partial charge in [-0.15, -0.1) is 0 Å². The van der Waals surface area contributed by atoms with E-state index in [9.17, 15) is 9.90 Å². The van der Waals surface area contributed by atoms with E-state index in [0.717, 1.165) is 61.6 Å². The van der Waals surface area contributed by atoms with Crippen molar-refractivity contribution in [2.24, 2.45) is 5.92 Å². The average Bonchev–Trinajstić information content (AvgIpc) is 3.18. The van der Waals surface area contributed by atoms with Crippen molar-refractivity contribution in [3.63, 3.8) is 0 Å². The molecule has 6 nitrogen and oxygen atoms in total. The zero-order valence-corrected chi connectivity index (χ0v) is 20.6. The molecule has 3 aliphatic rings. The number of hydrogen-bond acceptors (Lipinski definition) is 5. The zero-order valence-electron chi connectivity index (χ0n) is 20.6. The summed E-state index contributed by atoms with van der Waals surface area (Å²) in [5.74, 6) is 2.16. The summed E-state index contributed by atoms with van der Waals surface area (Å²) in [4.78, 5) is 17.8. The quantitative estimate of drug-likeness (QED) is 0.693. The fraction of sp³-hybridized carbons (Fsp3) is 0.536. The molecule has 3 unspecified atom stereocenters. The zero-order chi connectivity index (χ0) is 23.8. The lowest BCUT2D eigenvalue weighted by molar-refractivity contribution is -0.123. The molecule has 2 aromatic carbocycles. The summed E-state index contributed by atoms with van der Waals surface area (Å²) in [6.07, 6.45) is 4.69. The molecule has 34 heavy (non-hydrogen) atoms. The Labute approximate surface area is 202 Å². The van der Waals surface area contributed by atoms with Gasteiger partial charge in [-0.3, -0.25) is 9.69 Å². The molecular weight excluding hydrogens is 426 g/mol. The highest BCUT2D eigenvalue weighted by atomic mass is 16.5. The number of benzene rings is 2. The number of hydrogen-bond donors (Lipinski definition) is 2. The van der Waals surface area contributed by atoms with Crippen LogP contribution >= 0.6 is 0 Å². The topological polar surface area (TPSA) is 65.0 Å². The maximum Gasteiger partial charge on any atom is 0.234 e. The van der Waals surface area contributed by atoms with E-state index in [0.29, 0.717) is 24.1 Å². The molecule has 182 valence electrons. The SMILES string of the molecule is COc1cccc(N2CCN(CC(=O)NC3c4c(O)c(C)cc(C)c4C4CCCCC43)CC2)c1. The van der Waals surface area contributed by atoms with Crippen molar-refractivity contribution in [1.29, 1.82) is 0 Å². The molecule has 1 heterocycles. The number of rotatable bonds is 5. The van der Waals surface area contributed by atoms with Gasteiger partial charge in [-0.05, 0) is 67.3 Å². The Morgan fingerprint density at radius 3 is 2.59 bits per heavy atom. The molecule has 0 radical (unpaired) electrons. The second kappa shape index (κ2) is 9.49. The fourth-order valence-corrected chi connectivity index (χ4v) is 6.53. The van der Waals surface area contributed by atoms with Gasteiger partial charge >= 0.3 is 0 Å². The standard InChI is InChI=1S/C28H37N3O3/c1-18-15-19(2)28(33)26-25(18)22-9-4-5-10-23(22)27(26)29-24(32)17-30-11-13-31(14-12-30)20-7-6-8-21(16-20)34-3/h6-8,15-16,22-23,27,33H,4-5,9-14,17H2,1-3H3,(H,29,32). The largest absolute Gasteiger partial charge is 0.507 e. The highest BCUT2D eigenvalue weighted by Gasteiger charge is 2.45. The normalized spacial score (nSPS) is 24.4. The number of carbonyl (C=O) groups excluding carboxylic acids is 1. The van der Waals surface area contributed by atoms with Gasteiger partial charge < -0.3 is 20.1 Å². The van der Waals surface area contributed by atoms with Gasteiger partial charge in [0.2, 0.25) is 5.91 Å². The summed E-state index contributed by atoms with van der Waals surface area (Å²) < 4.78 is 5.36. The van der Waals surface area contributed by atoms with E-state index in [1.165, 1.54) is 24.0 Å². The van der Waals surface area contributed by atoms with Crippen LogP contribution in [0.25, 0.3) is 0 Å². The number of phenolic OH excluding ortho intramolecular Hbond substituents is 1. The van der Waals surface area contributed by atoms with E-state index < -0.39 is 0 Å². The Morgan fingerprint density at radius 1 is 1.06 bits per heavy atom. The number of amides is 1. The minimum Gasteiger partial charge on any atom is -0.507 e. The first-order valence-electron chi connectivity index (χ1n) is 12.7. The number of phenols is 1. The molecule has 1 aliphatic heterocycles. The summed E-state index contributed by atoms with van der Waals surface area (Å²) in [7, 11) is 1.69. The number of nitrogens with zero attached hydrogens (tertiary/aromatic N) is 2. The van der Waals surface area contributed by atoms with Crippen molar-refractivity contribution >= 4 is 11.6 Å². The van der Waals surface area contributed by atoms with Crippen LogP contribution in [0.2, 0.25) is 0 Å². The smallest absolute Gasteiger partial charge is 0.234 e. The first kappa shape index (κ1) is 23.0. The van der Waals surface area contributed by atoms with Crippen LogP contribution in [-0.4, -0.2) is 55.7 Å². The minimum atomic E-state index is -0.0792. The van der Waals surface area contributed by atoms with Crippen LogP contribution in [0.5, 0.6) is 11.5 Å². The van der Waals surface area contributed by atoms with Gasteiger partial charge in [0.1, 0.15) is 11.5 Å². The molecule has 2 aliphatic carbocycles. The number of aromatic hydroxyl groups is 1. The average molecular weight is 464 g/mol. The van der Waals surface area contributed by atoms with Crippen LogP contribution < -0.4 is 15.0 Å². The number of nitrogens with one attached hydrogen (secondary N) is 1. The lowest BCUT2D eigenvalue weighted by Crippen LogP contribution is -2.50. The molecule has 3 atom stereocenters. The lowest BCUT2D eigenvalue weighted by Gasteiger charge is -2.36. The number of fused-ring (bicyclic) bond motifs is 3. The molecule has 0 aromatic heterocycles. The van der Waals surface area contributed by atoms with Gasteiger partial charge in [-0.2, -0.15) is 0 Å². The summed E-state index contributed by atoms with van der Waals surface area (Å²) in [5, 5.41) is 14.4. The third-order valence-corrected chi connectivity index (χ3v) is 8.18. The Kier molecular flexibility index (Phi) is 6.43. The van der Waals surface area contributed by atoms with Crippen LogP contribution in [-0.2, 0) is 4.79 Å². The molecular formula is C28H37N3O3. The number of anilines is 1. The van der Waals surface area contributed by atoms with E-state index in [2.05, 4.69) is 40.2 Å². The van der Waals surface area contributed by atoms with Gasteiger partial charge in [0, 0.05) is 43.5 Å². The van der Waals surface area contributed by atoms with E-state index in [4.69, 9.17) is 4.74 Å². The summed E-state index contributed by atoms with van der Waals surface area (Å²) >= 11 is 0. The van der Waals surface area contributed by atoms with Crippen molar-refractivity contribution in [2.75, 3.05) is 44.7 Å². The van der Waals surface area contributed by atoms with Crippen molar-refractivity contribution in [3.8, 4) is 11.5 Å². The number of methoxy groups -OCH3 is 1. The monoisotopic (exact) mass is 463 g/mol. The summed E-state index contributed by atoms with van der Waals surface area (Å²) in [5.41, 5.74) is 5.61. The number of piperazine rings is 1. The number of ether oxygens (including phenoxy) is 1. The van der Waals surface area contributed by atoms with Crippen LogP contribution in [0.4, 0.5) is 5.69 Å². The van der Waals surface area contributed by atoms with Crippen LogP contribution in [0.3, 0.4) is 0 Å². The Balaban J connectivity index is 1.25. The predicted octanol–water partition coefficient (Wildman–Crippen LogP) is 4.28. The van der Waals surface area contributed by atoms with Gasteiger partial charge in [-0.1, -0.05) is 25.0 Å². The van der Waals surface area contributed by atoms with Crippen LogP contribution in [0, 0.1) is 19.8 Å². The van der Waals surface area contributed by atoms with Crippen molar-refractivity contribution in [1.82, 2.24) is 10.2 Å². The predicted molar refractivity (Wildman–Crippen MR) is 135 cm³/mol. The first-order chi connectivity index (χ1) is 16.5. The molecule has 1 amide bonds. The van der Waals surface area contributed by atoms with E-state index in [1.54, 1.807) is 7.11 Å². The van der Waals surface area contributed by atoms with Crippen molar-refractivity contribution in [2.45, 2.75) is 51.5 Å². The van der Waals surface area contributed by atoms with Crippen LogP contribution in [0.15, 0.2) is 30.3 Å². The molecule has 2 N–H and O–H groups in total. The Hall–Kier alpha value is -2.73. The van der Waals surface area contributed by atoms with E-state index in [1.807, 2.05) is 19.1 Å². The second-order valence-electron chi connectivity index (χ2n) is 10.3. The van der Waals surface area contributed by atoms with Gasteiger partial charge in [-0.25, -0.2) is 0 Å². The van der Waals surface area contributed by atoms with Gasteiger partial charge in [0.25, 0.3) is 0 Å². The van der Waals surface area contributed by atoms with Crippen LogP contribution in [0.1, 0.15) is 59.9 Å². The van der Waals surface area contributed by atoms with E-state index in [-0.39, 0.29) is 11.9 Å². The maximum absolute atomic E-state index is 13.2. The highest BCUT2D eigenvalue weighted by molar-refractivity contribution is 5.79. The summed E-state index contributed by atoms with van der Waals surface area (Å²) in [6.45, 7) is 7.99. The van der Waals surface area contributed by atoms with Crippen molar-refractivity contribution < 1.29 is 14.6 Å². The van der Waals surface area contributed by atoms with E-state index >= 15 is 0 Å². The third kappa shape index (κ3) is 4.24. The molecule has 5 rings (SSSR count). The number of carbonyl (C=O) groups is 1. The number of aryl methyl sites for hydroxylation is 2. The molecule has 1 saturated carbocycles. The van der Waals surface area contributed by atoms with Gasteiger partial charge in [0.15, 0.2) is 0 Å². The Morgan fingerprint density at radius 2 is 1.82 bits per heavy atom. The molecule has 0 bridgehead atoms. The molecule has 2 aromatic rings. The van der Waals surface area contributed by atoms with Gasteiger partial charge in [0.05, 0.1) is 19.7 Å². The molecule has 0 spiro atoms. The third-order valence-electron chi connectivity index (χ3n) is 8.18.